The molecule has 0 spiro atoms. The van der Waals surface area contributed by atoms with E-state index in [1.807, 2.05) is 32.0 Å². The van der Waals surface area contributed by atoms with Gasteiger partial charge in [-0.3, -0.25) is 0 Å². The predicted octanol–water partition coefficient (Wildman–Crippen LogP) is 5.01. The van der Waals surface area contributed by atoms with Crippen molar-refractivity contribution in [3.8, 4) is 0 Å². The highest BCUT2D eigenvalue weighted by Crippen LogP contribution is 2.23. The van der Waals surface area contributed by atoms with E-state index in [0.717, 1.165) is 22.1 Å². The molecule has 2 aromatic carbocycles. The summed E-state index contributed by atoms with van der Waals surface area (Å²) in [6, 6.07) is 10.9. The van der Waals surface area contributed by atoms with Crippen molar-refractivity contribution >= 4 is 34.2 Å². The molecule has 3 rings (SSSR count). The number of hydrogen-bond donors (Lipinski definition) is 1. The average molecular weight is 362 g/mol. The number of aryl methyl sites for hydroxylation is 2. The molecule has 3 aromatic rings. The molecule has 0 radical (unpaired) electrons. The Morgan fingerprint density at radius 3 is 2.42 bits per heavy atom. The molecule has 24 heavy (non-hydrogen) atoms. The van der Waals surface area contributed by atoms with Gasteiger partial charge < -0.3 is 9.73 Å². The largest absolute Gasteiger partial charge is 0.423 e. The minimum atomic E-state index is -0.341. The molecule has 0 saturated heterocycles. The Morgan fingerprint density at radius 1 is 0.958 bits per heavy atom. The smallest absolute Gasteiger partial charge is 0.336 e. The van der Waals surface area contributed by atoms with E-state index >= 15 is 0 Å². The van der Waals surface area contributed by atoms with E-state index in [0.29, 0.717) is 28.7 Å². The zero-order valence-corrected chi connectivity index (χ0v) is 15.0. The lowest BCUT2D eigenvalue weighted by atomic mass is 10.0. The Morgan fingerprint density at radius 2 is 1.67 bits per heavy atom. The standard InChI is InChI=1S/C19H17Cl2NO2/c1-11-5-16-14(7-19(23)24-18(16)6-12(11)2)10-22-9-13-3-4-15(20)8-17(13)21/h3-8,22H,9-10H2,1-2H3. The highest BCUT2D eigenvalue weighted by molar-refractivity contribution is 6.35. The maximum Gasteiger partial charge on any atom is 0.336 e. The van der Waals surface area contributed by atoms with Crippen molar-refractivity contribution in [3.63, 3.8) is 0 Å². The molecule has 0 aliphatic rings. The first kappa shape index (κ1) is 17.0. The van der Waals surface area contributed by atoms with Crippen LogP contribution in [0.15, 0.2) is 45.6 Å². The maximum atomic E-state index is 11.8. The summed E-state index contributed by atoms with van der Waals surface area (Å²) in [6.07, 6.45) is 0. The summed E-state index contributed by atoms with van der Waals surface area (Å²) in [4.78, 5) is 11.8. The van der Waals surface area contributed by atoms with E-state index in [2.05, 4.69) is 11.4 Å². The fourth-order valence-corrected chi connectivity index (χ4v) is 3.10. The fourth-order valence-electron chi connectivity index (χ4n) is 2.63. The van der Waals surface area contributed by atoms with Gasteiger partial charge in [0.1, 0.15) is 5.58 Å². The average Bonchev–Trinajstić information content (AvgIpc) is 2.51. The number of rotatable bonds is 4. The van der Waals surface area contributed by atoms with Gasteiger partial charge in [-0.15, -0.1) is 0 Å². The van der Waals surface area contributed by atoms with Crippen LogP contribution in [-0.4, -0.2) is 0 Å². The van der Waals surface area contributed by atoms with Crippen molar-refractivity contribution in [2.24, 2.45) is 0 Å². The van der Waals surface area contributed by atoms with E-state index in [1.165, 1.54) is 11.6 Å². The minimum absolute atomic E-state index is 0.341. The summed E-state index contributed by atoms with van der Waals surface area (Å²) in [6.45, 7) is 5.18. The quantitative estimate of drug-likeness (QED) is 0.664. The monoisotopic (exact) mass is 361 g/mol. The Balaban J connectivity index is 1.84. The zero-order valence-electron chi connectivity index (χ0n) is 13.5. The summed E-state index contributed by atoms with van der Waals surface area (Å²) in [5.74, 6) is 0. The van der Waals surface area contributed by atoms with Gasteiger partial charge in [0.25, 0.3) is 0 Å². The van der Waals surface area contributed by atoms with Crippen LogP contribution in [0, 0.1) is 13.8 Å². The van der Waals surface area contributed by atoms with Crippen LogP contribution < -0.4 is 10.9 Å². The van der Waals surface area contributed by atoms with Crippen LogP contribution in [0.1, 0.15) is 22.3 Å². The van der Waals surface area contributed by atoms with Crippen LogP contribution in [0.4, 0.5) is 0 Å². The SMILES string of the molecule is Cc1cc2oc(=O)cc(CNCc3ccc(Cl)cc3Cl)c2cc1C. The first-order valence-electron chi connectivity index (χ1n) is 7.62. The van der Waals surface area contributed by atoms with E-state index < -0.39 is 0 Å². The summed E-state index contributed by atoms with van der Waals surface area (Å²) < 4.78 is 5.32. The first-order valence-corrected chi connectivity index (χ1v) is 8.38. The van der Waals surface area contributed by atoms with Crippen molar-refractivity contribution in [1.82, 2.24) is 5.32 Å². The molecular formula is C19H17Cl2NO2. The topological polar surface area (TPSA) is 42.2 Å². The molecule has 0 unspecified atom stereocenters. The molecule has 0 aliphatic carbocycles. The molecule has 3 nitrogen and oxygen atoms in total. The van der Waals surface area contributed by atoms with Crippen molar-refractivity contribution < 1.29 is 4.42 Å². The summed E-state index contributed by atoms with van der Waals surface area (Å²) >= 11 is 12.1. The fraction of sp³-hybridized carbons (Fsp3) is 0.211. The third-order valence-electron chi connectivity index (χ3n) is 4.09. The lowest BCUT2D eigenvalue weighted by molar-refractivity contribution is 0.556. The van der Waals surface area contributed by atoms with E-state index in [9.17, 15) is 4.79 Å². The number of fused-ring (bicyclic) bond motifs is 1. The molecule has 0 saturated carbocycles. The van der Waals surface area contributed by atoms with Gasteiger partial charge >= 0.3 is 5.63 Å². The van der Waals surface area contributed by atoms with Gasteiger partial charge in [-0.05, 0) is 60.4 Å². The molecule has 1 heterocycles. The molecule has 1 N–H and O–H groups in total. The van der Waals surface area contributed by atoms with Crippen LogP contribution >= 0.6 is 23.2 Å². The highest BCUT2D eigenvalue weighted by atomic mass is 35.5. The summed E-state index contributed by atoms with van der Waals surface area (Å²) in [5, 5.41) is 5.51. The van der Waals surface area contributed by atoms with E-state index in [-0.39, 0.29) is 5.63 Å². The zero-order chi connectivity index (χ0) is 17.3. The second-order valence-corrected chi connectivity index (χ2v) is 6.71. The van der Waals surface area contributed by atoms with Crippen molar-refractivity contribution in [1.29, 1.82) is 0 Å². The Labute approximate surface area is 150 Å². The lowest BCUT2D eigenvalue weighted by Gasteiger charge is -2.10. The molecule has 0 fully saturated rings. The molecular weight excluding hydrogens is 345 g/mol. The molecule has 0 atom stereocenters. The Hall–Kier alpha value is -1.81. The second-order valence-electron chi connectivity index (χ2n) is 5.86. The normalized spacial score (nSPS) is 11.2. The van der Waals surface area contributed by atoms with E-state index in [1.54, 1.807) is 6.07 Å². The number of benzene rings is 2. The molecule has 0 bridgehead atoms. The summed E-state index contributed by atoms with van der Waals surface area (Å²) in [7, 11) is 0. The van der Waals surface area contributed by atoms with Gasteiger partial charge in [-0.1, -0.05) is 29.3 Å². The predicted molar refractivity (Wildman–Crippen MR) is 99.0 cm³/mol. The highest BCUT2D eigenvalue weighted by Gasteiger charge is 2.08. The van der Waals surface area contributed by atoms with Crippen LogP contribution in [0.2, 0.25) is 10.0 Å². The molecule has 1 aromatic heterocycles. The Kier molecular flexibility index (Phi) is 4.95. The van der Waals surface area contributed by atoms with Gasteiger partial charge in [0.2, 0.25) is 0 Å². The maximum absolute atomic E-state index is 11.8. The van der Waals surface area contributed by atoms with Crippen LogP contribution in [-0.2, 0) is 13.1 Å². The van der Waals surface area contributed by atoms with Crippen molar-refractivity contribution in [3.05, 3.63) is 79.1 Å². The van der Waals surface area contributed by atoms with Gasteiger partial charge in [-0.2, -0.15) is 0 Å². The minimum Gasteiger partial charge on any atom is -0.423 e. The number of hydrogen-bond acceptors (Lipinski definition) is 3. The summed E-state index contributed by atoms with van der Waals surface area (Å²) in [5.41, 5.74) is 4.41. The van der Waals surface area contributed by atoms with E-state index in [4.69, 9.17) is 27.6 Å². The van der Waals surface area contributed by atoms with Gasteiger partial charge in [-0.25, -0.2) is 4.79 Å². The molecule has 0 aliphatic heterocycles. The van der Waals surface area contributed by atoms with Crippen LogP contribution in [0.25, 0.3) is 11.0 Å². The Bertz CT molecular complexity index is 963. The third kappa shape index (κ3) is 3.64. The van der Waals surface area contributed by atoms with Gasteiger partial charge in [0.15, 0.2) is 0 Å². The lowest BCUT2D eigenvalue weighted by Crippen LogP contribution is -2.15. The van der Waals surface area contributed by atoms with Crippen molar-refractivity contribution in [2.75, 3.05) is 0 Å². The number of halogens is 2. The van der Waals surface area contributed by atoms with Crippen LogP contribution in [0.5, 0.6) is 0 Å². The number of nitrogens with one attached hydrogen (secondary N) is 1. The first-order chi connectivity index (χ1) is 11.4. The molecule has 0 amide bonds. The van der Waals surface area contributed by atoms with Crippen LogP contribution in [0.3, 0.4) is 0 Å². The third-order valence-corrected chi connectivity index (χ3v) is 4.68. The van der Waals surface area contributed by atoms with Gasteiger partial charge in [0, 0.05) is 34.6 Å². The van der Waals surface area contributed by atoms with Gasteiger partial charge in [0.05, 0.1) is 0 Å². The molecule has 5 heteroatoms. The molecule has 124 valence electrons. The van der Waals surface area contributed by atoms with Crippen molar-refractivity contribution in [2.45, 2.75) is 26.9 Å². The second kappa shape index (κ2) is 6.98.